The van der Waals surface area contributed by atoms with Gasteiger partial charge in [-0.1, -0.05) is 11.6 Å². The van der Waals surface area contributed by atoms with Crippen LogP contribution in [0.3, 0.4) is 0 Å². The number of ether oxygens (including phenoxy) is 1. The van der Waals surface area contributed by atoms with E-state index in [0.29, 0.717) is 18.2 Å². The highest BCUT2D eigenvalue weighted by molar-refractivity contribution is 9.10. The highest BCUT2D eigenvalue weighted by Gasteiger charge is 2.10. The number of hydrogen-bond acceptors (Lipinski definition) is 3. The van der Waals surface area contributed by atoms with Crippen LogP contribution in [0.15, 0.2) is 28.9 Å². The Hall–Kier alpha value is -1.20. The van der Waals surface area contributed by atoms with E-state index in [2.05, 4.69) is 33.3 Å². The number of rotatable bonds is 6. The Kier molecular flexibility index (Phi) is 5.31. The predicted molar refractivity (Wildman–Crippen MR) is 85.5 cm³/mol. The molecular formula is C14H17BrClN3O. The van der Waals surface area contributed by atoms with Crippen molar-refractivity contribution in [2.75, 3.05) is 11.9 Å². The Morgan fingerprint density at radius 1 is 1.40 bits per heavy atom. The smallest absolute Gasteiger partial charge is 0.156 e. The Labute approximate surface area is 132 Å². The van der Waals surface area contributed by atoms with Crippen LogP contribution < -0.4 is 10.1 Å². The molecule has 4 nitrogen and oxygen atoms in total. The van der Waals surface area contributed by atoms with E-state index in [1.54, 1.807) is 6.20 Å². The highest BCUT2D eigenvalue weighted by Crippen LogP contribution is 2.36. The molecule has 1 heterocycles. The van der Waals surface area contributed by atoms with E-state index in [-0.39, 0.29) is 0 Å². The average molecular weight is 359 g/mol. The molecule has 0 bridgehead atoms. The van der Waals surface area contributed by atoms with Crippen LogP contribution in [0, 0.1) is 0 Å². The zero-order valence-electron chi connectivity index (χ0n) is 11.5. The second-order valence-corrected chi connectivity index (χ2v) is 5.48. The first-order valence-electron chi connectivity index (χ1n) is 6.52. The molecule has 0 radical (unpaired) electrons. The maximum Gasteiger partial charge on any atom is 0.156 e. The molecule has 0 saturated heterocycles. The van der Waals surface area contributed by atoms with Gasteiger partial charge in [0.1, 0.15) is 0 Å². The molecule has 0 amide bonds. The number of hydrogen-bond donors (Lipinski definition) is 1. The lowest BCUT2D eigenvalue weighted by Gasteiger charge is -2.15. The third-order valence-corrected chi connectivity index (χ3v) is 3.67. The van der Waals surface area contributed by atoms with E-state index in [4.69, 9.17) is 16.3 Å². The first-order chi connectivity index (χ1) is 9.65. The van der Waals surface area contributed by atoms with Gasteiger partial charge in [0.05, 0.1) is 29.0 Å². The van der Waals surface area contributed by atoms with Gasteiger partial charge in [0.2, 0.25) is 0 Å². The summed E-state index contributed by atoms with van der Waals surface area (Å²) in [4.78, 5) is 0. The van der Waals surface area contributed by atoms with Crippen molar-refractivity contribution in [3.8, 4) is 5.75 Å². The summed E-state index contributed by atoms with van der Waals surface area (Å²) in [6.07, 6.45) is 1.80. The van der Waals surface area contributed by atoms with Gasteiger partial charge in [-0.2, -0.15) is 5.10 Å². The van der Waals surface area contributed by atoms with Crippen molar-refractivity contribution >= 4 is 33.2 Å². The average Bonchev–Trinajstić information content (AvgIpc) is 2.87. The minimum atomic E-state index is 0.599. The summed E-state index contributed by atoms with van der Waals surface area (Å²) in [5, 5.41) is 8.27. The molecule has 0 atom stereocenters. The Balaban J connectivity index is 2.20. The minimum Gasteiger partial charge on any atom is -0.491 e. The number of nitrogens with one attached hydrogen (secondary N) is 1. The molecule has 0 saturated carbocycles. The van der Waals surface area contributed by atoms with Gasteiger partial charge in [0.15, 0.2) is 5.75 Å². The number of benzene rings is 1. The van der Waals surface area contributed by atoms with Gasteiger partial charge in [0.25, 0.3) is 0 Å². The summed E-state index contributed by atoms with van der Waals surface area (Å²) < 4.78 is 8.46. The minimum absolute atomic E-state index is 0.599. The van der Waals surface area contributed by atoms with E-state index < -0.39 is 0 Å². The van der Waals surface area contributed by atoms with Crippen molar-refractivity contribution in [2.24, 2.45) is 0 Å². The largest absolute Gasteiger partial charge is 0.491 e. The van der Waals surface area contributed by atoms with E-state index in [0.717, 1.165) is 28.1 Å². The molecule has 1 N–H and O–H groups in total. The zero-order valence-corrected chi connectivity index (χ0v) is 13.8. The Bertz CT molecular complexity index is 586. The summed E-state index contributed by atoms with van der Waals surface area (Å²) in [7, 11) is 0. The normalized spacial score (nSPS) is 10.6. The lowest BCUT2D eigenvalue weighted by molar-refractivity contribution is 0.339. The van der Waals surface area contributed by atoms with Crippen molar-refractivity contribution in [2.45, 2.75) is 26.9 Å². The maximum absolute atomic E-state index is 6.10. The van der Waals surface area contributed by atoms with Crippen LogP contribution in [0.2, 0.25) is 5.02 Å². The SMILES string of the molecule is CCOc1c(Br)cc(Cl)cc1NCc1ccnn1CC. The third kappa shape index (κ3) is 3.46. The fraction of sp³-hybridized carbons (Fsp3) is 0.357. The van der Waals surface area contributed by atoms with Gasteiger partial charge in [-0.05, 0) is 48.0 Å². The van der Waals surface area contributed by atoms with Crippen molar-refractivity contribution in [3.05, 3.63) is 39.6 Å². The zero-order chi connectivity index (χ0) is 14.5. The van der Waals surface area contributed by atoms with Gasteiger partial charge < -0.3 is 10.1 Å². The molecule has 0 aliphatic carbocycles. The first kappa shape index (κ1) is 15.2. The lowest BCUT2D eigenvalue weighted by Crippen LogP contribution is -2.09. The molecule has 2 aromatic rings. The second kappa shape index (κ2) is 6.99. The molecular weight excluding hydrogens is 342 g/mol. The Morgan fingerprint density at radius 2 is 2.20 bits per heavy atom. The van der Waals surface area contributed by atoms with Crippen molar-refractivity contribution < 1.29 is 4.74 Å². The predicted octanol–water partition coefficient (Wildman–Crippen LogP) is 4.33. The van der Waals surface area contributed by atoms with Crippen LogP contribution in [-0.4, -0.2) is 16.4 Å². The monoisotopic (exact) mass is 357 g/mol. The lowest BCUT2D eigenvalue weighted by atomic mass is 10.2. The molecule has 0 aliphatic rings. The summed E-state index contributed by atoms with van der Waals surface area (Å²) in [5.74, 6) is 0.777. The summed E-state index contributed by atoms with van der Waals surface area (Å²) in [6, 6.07) is 5.69. The van der Waals surface area contributed by atoms with Crippen LogP contribution >= 0.6 is 27.5 Å². The van der Waals surface area contributed by atoms with Crippen LogP contribution in [0.1, 0.15) is 19.5 Å². The topological polar surface area (TPSA) is 39.1 Å². The molecule has 2 rings (SSSR count). The van der Waals surface area contributed by atoms with Gasteiger partial charge in [0, 0.05) is 17.8 Å². The standard InChI is InChI=1S/C14H17BrClN3O/c1-3-19-11(5-6-18-19)9-17-13-8-10(16)7-12(15)14(13)20-4-2/h5-8,17H,3-4,9H2,1-2H3. The van der Waals surface area contributed by atoms with E-state index in [1.165, 1.54) is 0 Å². The van der Waals surface area contributed by atoms with Crippen LogP contribution in [0.4, 0.5) is 5.69 Å². The first-order valence-corrected chi connectivity index (χ1v) is 7.69. The van der Waals surface area contributed by atoms with E-state index in [1.807, 2.05) is 29.8 Å². The maximum atomic E-state index is 6.10. The number of halogens is 2. The third-order valence-electron chi connectivity index (χ3n) is 2.86. The molecule has 0 aliphatic heterocycles. The van der Waals surface area contributed by atoms with Crippen LogP contribution in [-0.2, 0) is 13.1 Å². The molecule has 0 spiro atoms. The van der Waals surface area contributed by atoms with Crippen LogP contribution in [0.5, 0.6) is 5.75 Å². The highest BCUT2D eigenvalue weighted by atomic mass is 79.9. The second-order valence-electron chi connectivity index (χ2n) is 4.19. The van der Waals surface area contributed by atoms with Crippen molar-refractivity contribution in [1.29, 1.82) is 0 Å². The number of anilines is 1. The molecule has 1 aromatic carbocycles. The molecule has 1 aromatic heterocycles. The van der Waals surface area contributed by atoms with E-state index >= 15 is 0 Å². The molecule has 108 valence electrons. The fourth-order valence-corrected chi connectivity index (χ4v) is 2.89. The fourth-order valence-electron chi connectivity index (χ4n) is 1.96. The summed E-state index contributed by atoms with van der Waals surface area (Å²) in [6.45, 7) is 6.14. The summed E-state index contributed by atoms with van der Waals surface area (Å²) in [5.41, 5.74) is 1.99. The number of aromatic nitrogens is 2. The molecule has 0 fully saturated rings. The Morgan fingerprint density at radius 3 is 2.90 bits per heavy atom. The number of nitrogens with zero attached hydrogens (tertiary/aromatic N) is 2. The van der Waals surface area contributed by atoms with Gasteiger partial charge >= 0.3 is 0 Å². The van der Waals surface area contributed by atoms with E-state index in [9.17, 15) is 0 Å². The van der Waals surface area contributed by atoms with Gasteiger partial charge in [-0.15, -0.1) is 0 Å². The molecule has 6 heteroatoms. The molecule has 0 unspecified atom stereocenters. The number of aryl methyl sites for hydroxylation is 1. The van der Waals surface area contributed by atoms with Crippen LogP contribution in [0.25, 0.3) is 0 Å². The van der Waals surface area contributed by atoms with Crippen molar-refractivity contribution in [3.63, 3.8) is 0 Å². The quantitative estimate of drug-likeness (QED) is 0.835. The van der Waals surface area contributed by atoms with Gasteiger partial charge in [-0.25, -0.2) is 0 Å². The van der Waals surface area contributed by atoms with Crippen molar-refractivity contribution in [1.82, 2.24) is 9.78 Å². The summed E-state index contributed by atoms with van der Waals surface area (Å²) >= 11 is 9.58. The molecule has 20 heavy (non-hydrogen) atoms. The van der Waals surface area contributed by atoms with Gasteiger partial charge in [-0.3, -0.25) is 4.68 Å².